The molecule has 0 saturated carbocycles. The van der Waals surface area contributed by atoms with Crippen molar-refractivity contribution in [1.29, 1.82) is 5.26 Å². The van der Waals surface area contributed by atoms with Crippen LogP contribution in [-0.2, 0) is 0 Å². The molecule has 0 aromatic heterocycles. The summed E-state index contributed by atoms with van der Waals surface area (Å²) in [5, 5.41) is 9.29. The van der Waals surface area contributed by atoms with E-state index in [0.29, 0.717) is 22.4 Å². The molecule has 0 N–H and O–H groups in total. The van der Waals surface area contributed by atoms with Crippen LogP contribution >= 0.6 is 0 Å². The fourth-order valence-corrected chi connectivity index (χ4v) is 2.80. The SMILES string of the molecule is N#C/C(=C/c1ccc(N2CCCC2)c(F)c1)c1ccc(F)cc1. The Balaban J connectivity index is 1.90. The second kappa shape index (κ2) is 6.62. The molecule has 1 aliphatic rings. The van der Waals surface area contributed by atoms with Crippen LogP contribution < -0.4 is 4.90 Å². The summed E-state index contributed by atoms with van der Waals surface area (Å²) in [4.78, 5) is 2.04. The number of hydrogen-bond acceptors (Lipinski definition) is 2. The number of hydrogen-bond donors (Lipinski definition) is 0. The maximum atomic E-state index is 14.3. The summed E-state index contributed by atoms with van der Waals surface area (Å²) in [6.45, 7) is 1.76. The second-order valence-electron chi connectivity index (χ2n) is 5.58. The third-order valence-electron chi connectivity index (χ3n) is 4.01. The van der Waals surface area contributed by atoms with Crippen LogP contribution in [0.4, 0.5) is 14.5 Å². The number of nitrogens with zero attached hydrogens (tertiary/aromatic N) is 2. The highest BCUT2D eigenvalue weighted by atomic mass is 19.1. The average molecular weight is 310 g/mol. The van der Waals surface area contributed by atoms with Gasteiger partial charge in [-0.05, 0) is 54.3 Å². The Morgan fingerprint density at radius 2 is 1.74 bits per heavy atom. The quantitative estimate of drug-likeness (QED) is 0.610. The molecule has 2 aromatic carbocycles. The van der Waals surface area contributed by atoms with Gasteiger partial charge in [0.15, 0.2) is 0 Å². The van der Waals surface area contributed by atoms with E-state index in [4.69, 9.17) is 0 Å². The number of nitriles is 1. The van der Waals surface area contributed by atoms with Crippen LogP contribution in [0.2, 0.25) is 0 Å². The molecule has 4 heteroatoms. The maximum Gasteiger partial charge on any atom is 0.147 e. The Morgan fingerprint density at radius 3 is 2.35 bits per heavy atom. The van der Waals surface area contributed by atoms with Crippen molar-refractivity contribution in [2.75, 3.05) is 18.0 Å². The summed E-state index contributed by atoms with van der Waals surface area (Å²) in [6, 6.07) is 12.8. The van der Waals surface area contributed by atoms with Gasteiger partial charge in [0.1, 0.15) is 11.6 Å². The van der Waals surface area contributed by atoms with E-state index in [2.05, 4.69) is 6.07 Å². The number of allylic oxidation sites excluding steroid dienone is 1. The van der Waals surface area contributed by atoms with Crippen molar-refractivity contribution in [1.82, 2.24) is 0 Å². The summed E-state index contributed by atoms with van der Waals surface area (Å²) in [5.74, 6) is -0.635. The van der Waals surface area contributed by atoms with Crippen molar-refractivity contribution in [2.45, 2.75) is 12.8 Å². The van der Waals surface area contributed by atoms with Gasteiger partial charge >= 0.3 is 0 Å². The van der Waals surface area contributed by atoms with Crippen LogP contribution in [0.5, 0.6) is 0 Å². The van der Waals surface area contributed by atoms with Crippen LogP contribution in [0.25, 0.3) is 11.6 Å². The van der Waals surface area contributed by atoms with Crippen LogP contribution in [0.15, 0.2) is 42.5 Å². The third kappa shape index (κ3) is 3.40. The standard InChI is InChI=1S/C19H16F2N2/c20-17-6-4-15(5-7-17)16(13-22)11-14-3-8-19(18(21)12-14)23-9-1-2-10-23/h3-8,11-12H,1-2,9-10H2/b16-11-. The predicted octanol–water partition coefficient (Wildman–Crippen LogP) is 4.63. The molecular formula is C19H16F2N2. The molecule has 1 aliphatic heterocycles. The lowest BCUT2D eigenvalue weighted by molar-refractivity contribution is 0.623. The van der Waals surface area contributed by atoms with Gasteiger partial charge in [-0.3, -0.25) is 0 Å². The first-order valence-electron chi connectivity index (χ1n) is 7.59. The lowest BCUT2D eigenvalue weighted by Gasteiger charge is -2.18. The molecule has 3 rings (SSSR count). The van der Waals surface area contributed by atoms with Gasteiger partial charge in [-0.25, -0.2) is 8.78 Å². The van der Waals surface area contributed by atoms with Gasteiger partial charge in [-0.15, -0.1) is 0 Å². The third-order valence-corrected chi connectivity index (χ3v) is 4.01. The molecule has 2 aromatic rings. The van der Waals surface area contributed by atoms with Gasteiger partial charge in [-0.2, -0.15) is 5.26 Å². The van der Waals surface area contributed by atoms with Gasteiger partial charge in [-0.1, -0.05) is 18.2 Å². The van der Waals surface area contributed by atoms with Gasteiger partial charge in [0.2, 0.25) is 0 Å². The number of benzene rings is 2. The second-order valence-corrected chi connectivity index (χ2v) is 5.58. The summed E-state index contributed by atoms with van der Waals surface area (Å²) in [5.41, 5.74) is 2.21. The number of rotatable bonds is 3. The van der Waals surface area contributed by atoms with E-state index in [0.717, 1.165) is 25.9 Å². The Labute approximate surface area is 134 Å². The zero-order valence-electron chi connectivity index (χ0n) is 12.6. The predicted molar refractivity (Wildman–Crippen MR) is 87.7 cm³/mol. The highest BCUT2D eigenvalue weighted by Gasteiger charge is 2.16. The molecule has 0 radical (unpaired) electrons. The Kier molecular flexibility index (Phi) is 4.38. The molecule has 1 heterocycles. The molecule has 0 spiro atoms. The smallest absolute Gasteiger partial charge is 0.147 e. The van der Waals surface area contributed by atoms with Crippen LogP contribution in [0.3, 0.4) is 0 Å². The summed E-state index contributed by atoms with van der Waals surface area (Å²) in [7, 11) is 0. The molecule has 2 nitrogen and oxygen atoms in total. The van der Waals surface area contributed by atoms with Crippen molar-refractivity contribution >= 4 is 17.3 Å². The zero-order chi connectivity index (χ0) is 16.2. The lowest BCUT2D eigenvalue weighted by atomic mass is 10.0. The fraction of sp³-hybridized carbons (Fsp3) is 0.211. The summed E-state index contributed by atoms with van der Waals surface area (Å²) in [6.07, 6.45) is 3.79. The normalized spacial score (nSPS) is 14.8. The van der Waals surface area contributed by atoms with Crippen LogP contribution in [0, 0.1) is 23.0 Å². The van der Waals surface area contributed by atoms with Crippen LogP contribution in [0.1, 0.15) is 24.0 Å². The molecule has 23 heavy (non-hydrogen) atoms. The van der Waals surface area contributed by atoms with Crippen LogP contribution in [-0.4, -0.2) is 13.1 Å². The van der Waals surface area contributed by atoms with E-state index in [1.165, 1.54) is 18.2 Å². The van der Waals surface area contributed by atoms with Crippen molar-refractivity contribution in [2.24, 2.45) is 0 Å². The Morgan fingerprint density at radius 1 is 1.04 bits per heavy atom. The van der Waals surface area contributed by atoms with E-state index < -0.39 is 0 Å². The Bertz CT molecular complexity index is 767. The average Bonchev–Trinajstić information content (AvgIpc) is 3.08. The maximum absolute atomic E-state index is 14.3. The highest BCUT2D eigenvalue weighted by molar-refractivity contribution is 5.89. The van der Waals surface area contributed by atoms with Crippen molar-refractivity contribution in [3.63, 3.8) is 0 Å². The highest BCUT2D eigenvalue weighted by Crippen LogP contribution is 2.26. The van der Waals surface area contributed by atoms with E-state index >= 15 is 0 Å². The van der Waals surface area contributed by atoms with Gasteiger partial charge < -0.3 is 4.90 Å². The van der Waals surface area contributed by atoms with Gasteiger partial charge in [0, 0.05) is 13.1 Å². The molecule has 0 bridgehead atoms. The van der Waals surface area contributed by atoms with E-state index in [-0.39, 0.29) is 11.6 Å². The van der Waals surface area contributed by atoms with Gasteiger partial charge in [0.05, 0.1) is 17.3 Å². The van der Waals surface area contributed by atoms with Crippen molar-refractivity contribution in [3.05, 3.63) is 65.2 Å². The van der Waals surface area contributed by atoms with E-state index in [1.54, 1.807) is 30.3 Å². The number of halogens is 2. The van der Waals surface area contributed by atoms with E-state index in [9.17, 15) is 14.0 Å². The largest absolute Gasteiger partial charge is 0.369 e. The van der Waals surface area contributed by atoms with Gasteiger partial charge in [0.25, 0.3) is 0 Å². The molecule has 1 saturated heterocycles. The van der Waals surface area contributed by atoms with Crippen molar-refractivity contribution in [3.8, 4) is 6.07 Å². The molecule has 0 unspecified atom stereocenters. The minimum absolute atomic E-state index is 0.281. The monoisotopic (exact) mass is 310 g/mol. The topological polar surface area (TPSA) is 27.0 Å². The first kappa shape index (κ1) is 15.2. The first-order chi connectivity index (χ1) is 11.2. The lowest BCUT2D eigenvalue weighted by Crippen LogP contribution is -2.18. The van der Waals surface area contributed by atoms with Crippen molar-refractivity contribution < 1.29 is 8.78 Å². The Hall–Kier alpha value is -2.67. The molecule has 1 fully saturated rings. The molecular weight excluding hydrogens is 294 g/mol. The number of anilines is 1. The van der Waals surface area contributed by atoms with E-state index in [1.807, 2.05) is 4.90 Å². The first-order valence-corrected chi connectivity index (χ1v) is 7.59. The summed E-state index contributed by atoms with van der Waals surface area (Å²) < 4.78 is 27.3. The summed E-state index contributed by atoms with van der Waals surface area (Å²) >= 11 is 0. The molecule has 0 atom stereocenters. The molecule has 0 amide bonds. The molecule has 0 aliphatic carbocycles. The fourth-order valence-electron chi connectivity index (χ4n) is 2.80. The zero-order valence-corrected chi connectivity index (χ0v) is 12.6. The minimum Gasteiger partial charge on any atom is -0.369 e. The minimum atomic E-state index is -0.355. The molecule has 116 valence electrons.